The second-order valence-electron chi connectivity index (χ2n) is 10.9. The summed E-state index contributed by atoms with van der Waals surface area (Å²) in [4.78, 5) is 53.2. The third-order valence-electron chi connectivity index (χ3n) is 6.82. The number of unbranched alkanes of at least 4 members (excludes halogenated alkanes) is 17. The van der Waals surface area contributed by atoms with E-state index in [1.165, 1.54) is 64.7 Å². The van der Waals surface area contributed by atoms with Gasteiger partial charge in [0.1, 0.15) is 6.61 Å². The first kappa shape index (κ1) is 39.5. The van der Waals surface area contributed by atoms with Crippen molar-refractivity contribution in [2.45, 2.75) is 155 Å². The van der Waals surface area contributed by atoms with Crippen LogP contribution in [0.5, 0.6) is 0 Å². The molecule has 0 heterocycles. The standard InChI is InChI=1S/C30H58NO9P/c1-3-4-5-6-7-8-9-10-11-12-13-17-20-23-30(34)40-28(26-39-41(35,36)37)25-38-29(33)22-19-16-14-15-18-21-24-31-27(2)32/h28H,3-26H2,1-2H3,(H,31,32)(H2,35,36,37)/t28-/m1/s1. The van der Waals surface area contributed by atoms with E-state index in [9.17, 15) is 18.9 Å². The summed E-state index contributed by atoms with van der Waals surface area (Å²) >= 11 is 0. The Kier molecular flexibility index (Phi) is 26.4. The minimum atomic E-state index is -4.75. The SMILES string of the molecule is CCCCCCCCCCCCCCCC(=O)O[C@H](COC(=O)CCCCCCCCNC(C)=O)COP(=O)(O)O. The molecule has 0 aromatic rings. The Hall–Kier alpha value is -1.48. The smallest absolute Gasteiger partial charge is 0.462 e. The predicted octanol–water partition coefficient (Wildman–Crippen LogP) is 6.90. The van der Waals surface area contributed by atoms with Gasteiger partial charge < -0.3 is 24.6 Å². The van der Waals surface area contributed by atoms with Crippen LogP contribution in [-0.4, -0.2) is 53.5 Å². The maximum atomic E-state index is 12.3. The molecule has 0 aliphatic rings. The second kappa shape index (κ2) is 27.4. The molecule has 10 nitrogen and oxygen atoms in total. The van der Waals surface area contributed by atoms with E-state index in [-0.39, 0.29) is 25.4 Å². The highest BCUT2D eigenvalue weighted by molar-refractivity contribution is 7.46. The third-order valence-corrected chi connectivity index (χ3v) is 7.31. The molecule has 0 unspecified atom stereocenters. The minimum absolute atomic E-state index is 0.0244. The van der Waals surface area contributed by atoms with Crippen molar-refractivity contribution in [2.75, 3.05) is 19.8 Å². The van der Waals surface area contributed by atoms with Crippen molar-refractivity contribution >= 4 is 25.7 Å². The summed E-state index contributed by atoms with van der Waals surface area (Å²) in [6.45, 7) is 3.54. The van der Waals surface area contributed by atoms with Crippen LogP contribution in [0.3, 0.4) is 0 Å². The number of amides is 1. The number of hydrogen-bond acceptors (Lipinski definition) is 7. The lowest BCUT2D eigenvalue weighted by Crippen LogP contribution is -2.29. The zero-order valence-electron chi connectivity index (χ0n) is 25.7. The first-order valence-electron chi connectivity index (χ1n) is 15.9. The van der Waals surface area contributed by atoms with Crippen molar-refractivity contribution in [1.29, 1.82) is 0 Å². The Labute approximate surface area is 248 Å². The van der Waals surface area contributed by atoms with Gasteiger partial charge >= 0.3 is 19.8 Å². The molecule has 0 aromatic carbocycles. The number of carbonyl (C=O) groups excluding carboxylic acids is 3. The Bertz CT molecular complexity index is 714. The van der Waals surface area contributed by atoms with Crippen molar-refractivity contribution < 1.29 is 42.7 Å². The van der Waals surface area contributed by atoms with E-state index in [2.05, 4.69) is 16.8 Å². The molecule has 11 heteroatoms. The molecular formula is C30H58NO9P. The number of hydrogen-bond donors (Lipinski definition) is 3. The maximum absolute atomic E-state index is 12.3. The van der Waals surface area contributed by atoms with Gasteiger partial charge in [0.05, 0.1) is 6.61 Å². The molecule has 1 atom stereocenters. The van der Waals surface area contributed by atoms with Crippen LogP contribution in [0, 0.1) is 0 Å². The fourth-order valence-corrected chi connectivity index (χ4v) is 4.81. The molecule has 0 aliphatic carbocycles. The average Bonchev–Trinajstić information content (AvgIpc) is 2.91. The topological polar surface area (TPSA) is 148 Å². The fourth-order valence-electron chi connectivity index (χ4n) is 4.45. The van der Waals surface area contributed by atoms with Gasteiger partial charge in [0.25, 0.3) is 0 Å². The van der Waals surface area contributed by atoms with Crippen LogP contribution < -0.4 is 5.32 Å². The number of rotatable bonds is 29. The second-order valence-corrected chi connectivity index (χ2v) is 12.2. The maximum Gasteiger partial charge on any atom is 0.469 e. The normalized spacial score (nSPS) is 12.2. The first-order chi connectivity index (χ1) is 19.6. The van der Waals surface area contributed by atoms with Crippen LogP contribution in [0.1, 0.15) is 149 Å². The van der Waals surface area contributed by atoms with Gasteiger partial charge in [-0.1, -0.05) is 110 Å². The minimum Gasteiger partial charge on any atom is -0.462 e. The fraction of sp³-hybridized carbons (Fsp3) is 0.900. The molecule has 1 amide bonds. The molecular weight excluding hydrogens is 549 g/mol. The zero-order chi connectivity index (χ0) is 30.6. The largest absolute Gasteiger partial charge is 0.469 e. The van der Waals surface area contributed by atoms with E-state index in [1.54, 1.807) is 0 Å². The molecule has 3 N–H and O–H groups in total. The summed E-state index contributed by atoms with van der Waals surface area (Å²) in [5.41, 5.74) is 0. The number of carbonyl (C=O) groups is 3. The average molecular weight is 608 g/mol. The summed E-state index contributed by atoms with van der Waals surface area (Å²) in [5, 5.41) is 2.76. The molecule has 0 radical (unpaired) electrons. The number of phosphoric ester groups is 1. The molecule has 0 bridgehead atoms. The van der Waals surface area contributed by atoms with Crippen molar-refractivity contribution in [1.82, 2.24) is 5.32 Å². The summed E-state index contributed by atoms with van der Waals surface area (Å²) in [5.74, 6) is -0.977. The quantitative estimate of drug-likeness (QED) is 0.0469. The van der Waals surface area contributed by atoms with E-state index < -0.39 is 32.5 Å². The molecule has 0 saturated heterocycles. The molecule has 0 spiro atoms. The molecule has 0 saturated carbocycles. The monoisotopic (exact) mass is 607 g/mol. The highest BCUT2D eigenvalue weighted by atomic mass is 31.2. The molecule has 0 aliphatic heterocycles. The third kappa shape index (κ3) is 31.3. The highest BCUT2D eigenvalue weighted by Crippen LogP contribution is 2.35. The predicted molar refractivity (Wildman–Crippen MR) is 160 cm³/mol. The Morgan fingerprint density at radius 2 is 1.10 bits per heavy atom. The number of esters is 2. The Balaban J connectivity index is 4.00. The lowest BCUT2D eigenvalue weighted by atomic mass is 10.0. The highest BCUT2D eigenvalue weighted by Gasteiger charge is 2.22. The van der Waals surface area contributed by atoms with Gasteiger partial charge in [-0.3, -0.25) is 18.9 Å². The molecule has 0 fully saturated rings. The van der Waals surface area contributed by atoms with Crippen LogP contribution in [0.25, 0.3) is 0 Å². The van der Waals surface area contributed by atoms with Crippen molar-refractivity contribution in [3.63, 3.8) is 0 Å². The lowest BCUT2D eigenvalue weighted by molar-refractivity contribution is -0.161. The molecule has 0 aromatic heterocycles. The van der Waals surface area contributed by atoms with Gasteiger partial charge in [0.15, 0.2) is 6.10 Å². The number of nitrogens with one attached hydrogen (secondary N) is 1. The van der Waals surface area contributed by atoms with E-state index in [4.69, 9.17) is 19.3 Å². The van der Waals surface area contributed by atoms with Crippen LogP contribution in [0.2, 0.25) is 0 Å². The summed E-state index contributed by atoms with van der Waals surface area (Å²) in [7, 11) is -4.75. The first-order valence-corrected chi connectivity index (χ1v) is 17.5. The van der Waals surface area contributed by atoms with Gasteiger partial charge in [0.2, 0.25) is 5.91 Å². The van der Waals surface area contributed by atoms with Gasteiger partial charge in [0, 0.05) is 26.3 Å². The molecule has 41 heavy (non-hydrogen) atoms. The van der Waals surface area contributed by atoms with Crippen LogP contribution >= 0.6 is 7.82 Å². The molecule has 242 valence electrons. The van der Waals surface area contributed by atoms with E-state index >= 15 is 0 Å². The Morgan fingerprint density at radius 3 is 1.56 bits per heavy atom. The summed E-state index contributed by atoms with van der Waals surface area (Å²) in [6.07, 6.45) is 20.4. The van der Waals surface area contributed by atoms with Gasteiger partial charge in [-0.05, 0) is 19.3 Å². The van der Waals surface area contributed by atoms with Gasteiger partial charge in [-0.25, -0.2) is 4.57 Å². The lowest BCUT2D eigenvalue weighted by Gasteiger charge is -2.18. The zero-order valence-corrected chi connectivity index (χ0v) is 26.6. The number of phosphoric acid groups is 1. The summed E-state index contributed by atoms with van der Waals surface area (Å²) in [6, 6.07) is 0. The van der Waals surface area contributed by atoms with E-state index in [0.29, 0.717) is 19.4 Å². The van der Waals surface area contributed by atoms with Crippen molar-refractivity contribution in [3.05, 3.63) is 0 Å². The summed E-state index contributed by atoms with van der Waals surface area (Å²) < 4.78 is 26.1. The number of ether oxygens (including phenoxy) is 2. The van der Waals surface area contributed by atoms with Crippen molar-refractivity contribution in [3.8, 4) is 0 Å². The van der Waals surface area contributed by atoms with E-state index in [1.807, 2.05) is 0 Å². The van der Waals surface area contributed by atoms with Crippen molar-refractivity contribution in [2.24, 2.45) is 0 Å². The van der Waals surface area contributed by atoms with Gasteiger partial charge in [-0.15, -0.1) is 0 Å². The van der Waals surface area contributed by atoms with Crippen LogP contribution in [0.4, 0.5) is 0 Å². The Morgan fingerprint density at radius 1 is 0.659 bits per heavy atom. The van der Waals surface area contributed by atoms with E-state index in [0.717, 1.165) is 51.4 Å². The van der Waals surface area contributed by atoms with Crippen LogP contribution in [-0.2, 0) is 32.9 Å². The van der Waals surface area contributed by atoms with Gasteiger partial charge in [-0.2, -0.15) is 0 Å². The van der Waals surface area contributed by atoms with Crippen LogP contribution in [0.15, 0.2) is 0 Å². The molecule has 0 rings (SSSR count).